The second-order valence-corrected chi connectivity index (χ2v) is 4.70. The van der Waals surface area contributed by atoms with Crippen molar-refractivity contribution in [2.45, 2.75) is 19.8 Å². The van der Waals surface area contributed by atoms with Gasteiger partial charge in [0.1, 0.15) is 5.75 Å². The maximum atomic E-state index is 6.27. The molecular formula is C13H20ClNO. The van der Waals surface area contributed by atoms with Crippen LogP contribution in [0.2, 0.25) is 5.02 Å². The summed E-state index contributed by atoms with van der Waals surface area (Å²) >= 11 is 6.27. The molecule has 0 saturated carbocycles. The molecule has 16 heavy (non-hydrogen) atoms. The monoisotopic (exact) mass is 241 g/mol. The van der Waals surface area contributed by atoms with Crippen LogP contribution in [0.5, 0.6) is 5.75 Å². The molecule has 0 spiro atoms. The first-order chi connectivity index (χ1) is 7.60. The van der Waals surface area contributed by atoms with Crippen molar-refractivity contribution >= 4 is 11.6 Å². The number of hydrogen-bond acceptors (Lipinski definition) is 2. The van der Waals surface area contributed by atoms with Crippen LogP contribution in [0.4, 0.5) is 0 Å². The minimum absolute atomic E-state index is 0.434. The molecule has 0 heterocycles. The zero-order valence-electron chi connectivity index (χ0n) is 10.4. The van der Waals surface area contributed by atoms with Crippen LogP contribution in [-0.2, 0) is 0 Å². The van der Waals surface area contributed by atoms with Crippen LogP contribution in [0.25, 0.3) is 0 Å². The molecule has 0 aliphatic rings. The fourth-order valence-corrected chi connectivity index (χ4v) is 2.17. The molecule has 0 aliphatic heterocycles. The van der Waals surface area contributed by atoms with Gasteiger partial charge in [0.2, 0.25) is 0 Å². The van der Waals surface area contributed by atoms with Crippen molar-refractivity contribution in [1.29, 1.82) is 0 Å². The number of ether oxygens (including phenoxy) is 1. The van der Waals surface area contributed by atoms with E-state index in [0.29, 0.717) is 11.8 Å². The van der Waals surface area contributed by atoms with E-state index in [4.69, 9.17) is 16.3 Å². The largest absolute Gasteiger partial charge is 0.497 e. The van der Waals surface area contributed by atoms with Gasteiger partial charge in [-0.05, 0) is 30.7 Å². The summed E-state index contributed by atoms with van der Waals surface area (Å²) in [6.45, 7) is 5.36. The Morgan fingerprint density at radius 3 is 2.50 bits per heavy atom. The van der Waals surface area contributed by atoms with E-state index in [0.717, 1.165) is 17.3 Å². The molecule has 0 radical (unpaired) electrons. The van der Waals surface area contributed by atoms with Gasteiger partial charge in [-0.3, -0.25) is 0 Å². The zero-order valence-corrected chi connectivity index (χ0v) is 11.1. The van der Waals surface area contributed by atoms with Gasteiger partial charge in [0, 0.05) is 17.5 Å². The molecule has 0 aromatic heterocycles. The van der Waals surface area contributed by atoms with E-state index < -0.39 is 0 Å². The van der Waals surface area contributed by atoms with E-state index in [-0.39, 0.29) is 0 Å². The lowest BCUT2D eigenvalue weighted by atomic mass is 9.88. The summed E-state index contributed by atoms with van der Waals surface area (Å²) in [5.74, 6) is 1.79. The minimum atomic E-state index is 0.434. The third kappa shape index (κ3) is 3.13. The summed E-state index contributed by atoms with van der Waals surface area (Å²) in [4.78, 5) is 0. The van der Waals surface area contributed by atoms with Crippen LogP contribution >= 0.6 is 11.6 Å². The highest BCUT2D eigenvalue weighted by atomic mass is 35.5. The number of nitrogens with one attached hydrogen (secondary N) is 1. The lowest BCUT2D eigenvalue weighted by Crippen LogP contribution is -2.21. The predicted molar refractivity (Wildman–Crippen MR) is 69.5 cm³/mol. The Hall–Kier alpha value is -0.730. The zero-order chi connectivity index (χ0) is 12.1. The Bertz CT molecular complexity index is 339. The van der Waals surface area contributed by atoms with E-state index in [1.54, 1.807) is 7.11 Å². The van der Waals surface area contributed by atoms with Crippen molar-refractivity contribution in [3.63, 3.8) is 0 Å². The summed E-state index contributed by atoms with van der Waals surface area (Å²) in [6.07, 6.45) is 0. The summed E-state index contributed by atoms with van der Waals surface area (Å²) in [6, 6.07) is 5.90. The standard InChI is InChI=1S/C13H20ClNO/c1-9(2)12(8-15-3)11-6-5-10(16-4)7-13(11)14/h5-7,9,12,15H,8H2,1-4H3. The molecule has 0 saturated heterocycles. The molecule has 1 aromatic carbocycles. The average molecular weight is 242 g/mol. The quantitative estimate of drug-likeness (QED) is 0.854. The van der Waals surface area contributed by atoms with E-state index in [1.807, 2.05) is 19.2 Å². The summed E-state index contributed by atoms with van der Waals surface area (Å²) < 4.78 is 5.15. The molecule has 0 amide bonds. The van der Waals surface area contributed by atoms with Gasteiger partial charge in [-0.1, -0.05) is 31.5 Å². The Morgan fingerprint density at radius 1 is 1.38 bits per heavy atom. The molecule has 0 fully saturated rings. The maximum Gasteiger partial charge on any atom is 0.120 e. The van der Waals surface area contributed by atoms with E-state index in [9.17, 15) is 0 Å². The fourth-order valence-electron chi connectivity index (χ4n) is 1.86. The van der Waals surface area contributed by atoms with Gasteiger partial charge in [0.25, 0.3) is 0 Å². The van der Waals surface area contributed by atoms with Gasteiger partial charge >= 0.3 is 0 Å². The predicted octanol–water partition coefficient (Wildman–Crippen LogP) is 3.31. The van der Waals surface area contributed by atoms with Gasteiger partial charge in [0.05, 0.1) is 7.11 Å². The van der Waals surface area contributed by atoms with Crippen molar-refractivity contribution in [3.05, 3.63) is 28.8 Å². The van der Waals surface area contributed by atoms with Crippen molar-refractivity contribution in [3.8, 4) is 5.75 Å². The minimum Gasteiger partial charge on any atom is -0.497 e. The topological polar surface area (TPSA) is 21.3 Å². The van der Waals surface area contributed by atoms with E-state index in [1.165, 1.54) is 5.56 Å². The van der Waals surface area contributed by atoms with Crippen LogP contribution in [0, 0.1) is 5.92 Å². The van der Waals surface area contributed by atoms with Crippen molar-refractivity contribution in [1.82, 2.24) is 5.32 Å². The first-order valence-electron chi connectivity index (χ1n) is 5.58. The van der Waals surface area contributed by atoms with Gasteiger partial charge in [-0.25, -0.2) is 0 Å². The summed E-state index contributed by atoms with van der Waals surface area (Å²) in [5, 5.41) is 4.00. The number of halogens is 1. The van der Waals surface area contributed by atoms with Crippen LogP contribution in [0.15, 0.2) is 18.2 Å². The van der Waals surface area contributed by atoms with Crippen molar-refractivity contribution in [2.24, 2.45) is 5.92 Å². The number of likely N-dealkylation sites (N-methyl/N-ethyl adjacent to an activating group) is 1. The highest BCUT2D eigenvalue weighted by Gasteiger charge is 2.18. The molecule has 90 valence electrons. The van der Waals surface area contributed by atoms with Gasteiger partial charge in [-0.2, -0.15) is 0 Å². The second-order valence-electron chi connectivity index (χ2n) is 4.30. The molecule has 1 N–H and O–H groups in total. The highest BCUT2D eigenvalue weighted by molar-refractivity contribution is 6.31. The molecule has 1 aromatic rings. The van der Waals surface area contributed by atoms with Crippen LogP contribution in [0.3, 0.4) is 0 Å². The van der Waals surface area contributed by atoms with Crippen LogP contribution < -0.4 is 10.1 Å². The fraction of sp³-hybridized carbons (Fsp3) is 0.538. The Balaban J connectivity index is 3.00. The molecule has 1 atom stereocenters. The Labute approximate surface area is 103 Å². The van der Waals surface area contributed by atoms with E-state index >= 15 is 0 Å². The Morgan fingerprint density at radius 2 is 2.06 bits per heavy atom. The second kappa shape index (κ2) is 6.12. The van der Waals surface area contributed by atoms with E-state index in [2.05, 4.69) is 25.2 Å². The first kappa shape index (κ1) is 13.3. The third-order valence-corrected chi connectivity index (χ3v) is 3.16. The molecule has 2 nitrogen and oxygen atoms in total. The SMILES string of the molecule is CNCC(c1ccc(OC)cc1Cl)C(C)C. The number of rotatable bonds is 5. The normalized spacial score (nSPS) is 12.9. The molecule has 0 bridgehead atoms. The van der Waals surface area contributed by atoms with Crippen molar-refractivity contribution < 1.29 is 4.74 Å². The van der Waals surface area contributed by atoms with Gasteiger partial charge < -0.3 is 10.1 Å². The highest BCUT2D eigenvalue weighted by Crippen LogP contribution is 2.32. The molecule has 0 aliphatic carbocycles. The molecular weight excluding hydrogens is 222 g/mol. The average Bonchev–Trinajstić information content (AvgIpc) is 2.26. The van der Waals surface area contributed by atoms with Crippen LogP contribution in [-0.4, -0.2) is 20.7 Å². The number of hydrogen-bond donors (Lipinski definition) is 1. The number of benzene rings is 1. The lowest BCUT2D eigenvalue weighted by Gasteiger charge is -2.22. The summed E-state index contributed by atoms with van der Waals surface area (Å²) in [7, 11) is 3.62. The third-order valence-electron chi connectivity index (χ3n) is 2.84. The van der Waals surface area contributed by atoms with Gasteiger partial charge in [0.15, 0.2) is 0 Å². The molecule has 1 unspecified atom stereocenters. The lowest BCUT2D eigenvalue weighted by molar-refractivity contribution is 0.414. The first-order valence-corrected chi connectivity index (χ1v) is 5.96. The van der Waals surface area contributed by atoms with Crippen molar-refractivity contribution in [2.75, 3.05) is 20.7 Å². The maximum absolute atomic E-state index is 6.27. The smallest absolute Gasteiger partial charge is 0.120 e. The van der Waals surface area contributed by atoms with Gasteiger partial charge in [-0.15, -0.1) is 0 Å². The van der Waals surface area contributed by atoms with Crippen LogP contribution in [0.1, 0.15) is 25.3 Å². The summed E-state index contributed by atoms with van der Waals surface area (Å²) in [5.41, 5.74) is 1.19. The Kier molecular flexibility index (Phi) is 5.10. The molecule has 3 heteroatoms. The number of methoxy groups -OCH3 is 1. The molecule has 1 rings (SSSR count).